The molecule has 22 heavy (non-hydrogen) atoms. The van der Waals surface area contributed by atoms with Gasteiger partial charge in [0.1, 0.15) is 17.3 Å². The molecule has 7 nitrogen and oxygen atoms in total. The molecule has 3 heterocycles. The molecule has 0 saturated carbocycles. The van der Waals surface area contributed by atoms with Gasteiger partial charge < -0.3 is 19.8 Å². The second-order valence-corrected chi connectivity index (χ2v) is 5.06. The summed E-state index contributed by atoms with van der Waals surface area (Å²) in [4.78, 5) is 20.2. The lowest BCUT2D eigenvalue weighted by Gasteiger charge is -2.11. The minimum Gasteiger partial charge on any atom is -0.467 e. The van der Waals surface area contributed by atoms with E-state index in [-0.39, 0.29) is 17.7 Å². The van der Waals surface area contributed by atoms with Crippen LogP contribution in [0.15, 0.2) is 35.2 Å². The zero-order valence-corrected chi connectivity index (χ0v) is 12.1. The van der Waals surface area contributed by atoms with E-state index >= 15 is 0 Å². The maximum atomic E-state index is 11.9. The van der Waals surface area contributed by atoms with Crippen LogP contribution in [0.2, 0.25) is 0 Å². The first-order valence-corrected chi connectivity index (χ1v) is 7.29. The highest BCUT2D eigenvalue weighted by Gasteiger charge is 2.15. The highest BCUT2D eigenvalue weighted by Crippen LogP contribution is 2.12. The van der Waals surface area contributed by atoms with Crippen LogP contribution in [-0.4, -0.2) is 35.1 Å². The Balaban J connectivity index is 1.48. The highest BCUT2D eigenvalue weighted by molar-refractivity contribution is 5.91. The van der Waals surface area contributed by atoms with Gasteiger partial charge in [0.25, 0.3) is 5.91 Å². The lowest BCUT2D eigenvalue weighted by molar-refractivity contribution is 0.0942. The summed E-state index contributed by atoms with van der Waals surface area (Å²) in [6.45, 7) is 1.86. The van der Waals surface area contributed by atoms with E-state index in [2.05, 4.69) is 20.6 Å². The number of hydrogen-bond donors (Lipinski definition) is 2. The average Bonchev–Trinajstić information content (AvgIpc) is 3.24. The van der Waals surface area contributed by atoms with Crippen LogP contribution < -0.4 is 10.6 Å². The van der Waals surface area contributed by atoms with Gasteiger partial charge in [-0.15, -0.1) is 0 Å². The highest BCUT2D eigenvalue weighted by atomic mass is 16.5. The summed E-state index contributed by atoms with van der Waals surface area (Å²) in [7, 11) is 0. The number of hydrogen-bond acceptors (Lipinski definition) is 6. The van der Waals surface area contributed by atoms with Crippen molar-refractivity contribution in [2.24, 2.45) is 0 Å². The van der Waals surface area contributed by atoms with Crippen LogP contribution in [-0.2, 0) is 11.3 Å². The van der Waals surface area contributed by atoms with Gasteiger partial charge in [-0.25, -0.2) is 9.97 Å². The number of ether oxygens (including phenoxy) is 1. The Morgan fingerprint density at radius 1 is 1.36 bits per heavy atom. The van der Waals surface area contributed by atoms with Crippen LogP contribution in [0.3, 0.4) is 0 Å². The number of aromatic nitrogens is 2. The molecule has 2 aromatic heterocycles. The second kappa shape index (κ2) is 7.04. The number of rotatable bonds is 6. The van der Waals surface area contributed by atoms with E-state index in [0.29, 0.717) is 24.7 Å². The van der Waals surface area contributed by atoms with Crippen molar-refractivity contribution in [1.82, 2.24) is 15.3 Å². The quantitative estimate of drug-likeness (QED) is 0.842. The molecule has 3 rings (SSSR count). The number of furan rings is 1. The van der Waals surface area contributed by atoms with Crippen molar-refractivity contribution >= 4 is 11.7 Å². The molecule has 1 saturated heterocycles. The van der Waals surface area contributed by atoms with Crippen molar-refractivity contribution in [3.05, 3.63) is 42.2 Å². The molecule has 0 radical (unpaired) electrons. The topological polar surface area (TPSA) is 89.3 Å². The van der Waals surface area contributed by atoms with Gasteiger partial charge in [0, 0.05) is 13.2 Å². The third kappa shape index (κ3) is 3.82. The van der Waals surface area contributed by atoms with Crippen LogP contribution in [0.5, 0.6) is 0 Å². The van der Waals surface area contributed by atoms with Gasteiger partial charge in [-0.2, -0.15) is 0 Å². The van der Waals surface area contributed by atoms with E-state index in [1.807, 2.05) is 0 Å². The van der Waals surface area contributed by atoms with Crippen LogP contribution >= 0.6 is 0 Å². The van der Waals surface area contributed by atoms with Crippen molar-refractivity contribution in [2.75, 3.05) is 18.5 Å². The first-order valence-electron chi connectivity index (χ1n) is 7.29. The zero-order valence-electron chi connectivity index (χ0n) is 12.1. The summed E-state index contributed by atoms with van der Waals surface area (Å²) >= 11 is 0. The number of carbonyl (C=O) groups is 1. The van der Waals surface area contributed by atoms with Crippen LogP contribution in [0.25, 0.3) is 0 Å². The van der Waals surface area contributed by atoms with E-state index in [4.69, 9.17) is 9.15 Å². The molecule has 1 atom stereocenters. The largest absolute Gasteiger partial charge is 0.467 e. The molecular formula is C15H18N4O3. The Bertz CT molecular complexity index is 592. The van der Waals surface area contributed by atoms with Crippen LogP contribution in [0.1, 0.15) is 29.1 Å². The summed E-state index contributed by atoms with van der Waals surface area (Å²) in [5, 5.41) is 5.88. The van der Waals surface area contributed by atoms with E-state index < -0.39 is 0 Å². The van der Waals surface area contributed by atoms with Crippen LogP contribution in [0, 0.1) is 0 Å². The Morgan fingerprint density at radius 2 is 2.32 bits per heavy atom. The van der Waals surface area contributed by atoms with Gasteiger partial charge in [-0.1, -0.05) is 0 Å². The van der Waals surface area contributed by atoms with Gasteiger partial charge in [0.2, 0.25) is 0 Å². The standard InChI is InChI=1S/C15H18N4O3/c20-15(19-8-12-4-2-6-22-12)13-9-18-14(10-16-13)17-7-11-3-1-5-21-11/h2,4,6,9-11H,1,3,5,7-8H2,(H,17,18)(H,19,20). The monoisotopic (exact) mass is 302 g/mol. The lowest BCUT2D eigenvalue weighted by atomic mass is 10.2. The molecule has 0 aromatic carbocycles. The van der Waals surface area contributed by atoms with Crippen molar-refractivity contribution in [1.29, 1.82) is 0 Å². The summed E-state index contributed by atoms with van der Waals surface area (Å²) in [6, 6.07) is 3.57. The zero-order chi connectivity index (χ0) is 15.2. The molecule has 1 unspecified atom stereocenters. The van der Waals surface area contributed by atoms with E-state index in [0.717, 1.165) is 19.4 Å². The molecule has 2 aromatic rings. The second-order valence-electron chi connectivity index (χ2n) is 5.06. The van der Waals surface area contributed by atoms with E-state index in [1.54, 1.807) is 24.6 Å². The number of anilines is 1. The molecule has 116 valence electrons. The third-order valence-electron chi connectivity index (χ3n) is 3.42. The third-order valence-corrected chi connectivity index (χ3v) is 3.42. The first kappa shape index (κ1) is 14.5. The molecule has 0 aliphatic carbocycles. The summed E-state index contributed by atoms with van der Waals surface area (Å²) in [5.41, 5.74) is 0.272. The molecule has 2 N–H and O–H groups in total. The number of carbonyl (C=O) groups excluding carboxylic acids is 1. The molecule has 7 heteroatoms. The van der Waals surface area contributed by atoms with Crippen molar-refractivity contribution in [3.63, 3.8) is 0 Å². The van der Waals surface area contributed by atoms with Gasteiger partial charge in [0.05, 0.1) is 31.3 Å². The van der Waals surface area contributed by atoms with E-state index in [9.17, 15) is 4.79 Å². The normalized spacial score (nSPS) is 17.4. The molecule has 1 aliphatic rings. The fourth-order valence-electron chi connectivity index (χ4n) is 2.23. The minimum atomic E-state index is -0.283. The molecule has 1 aliphatic heterocycles. The Hall–Kier alpha value is -2.41. The number of nitrogens with zero attached hydrogens (tertiary/aromatic N) is 2. The molecule has 1 fully saturated rings. The molecular weight excluding hydrogens is 284 g/mol. The summed E-state index contributed by atoms with van der Waals surface area (Å²) < 4.78 is 10.7. The summed E-state index contributed by atoms with van der Waals surface area (Å²) in [6.07, 6.45) is 6.97. The SMILES string of the molecule is O=C(NCc1ccco1)c1cnc(NCC2CCCO2)cn1. The Morgan fingerprint density at radius 3 is 3.00 bits per heavy atom. The average molecular weight is 302 g/mol. The Labute approximate surface area is 128 Å². The molecule has 0 bridgehead atoms. The van der Waals surface area contributed by atoms with Crippen molar-refractivity contribution < 1.29 is 13.9 Å². The van der Waals surface area contributed by atoms with E-state index in [1.165, 1.54) is 6.20 Å². The summed E-state index contributed by atoms with van der Waals surface area (Å²) in [5.74, 6) is 1.05. The minimum absolute atomic E-state index is 0.234. The van der Waals surface area contributed by atoms with Crippen molar-refractivity contribution in [2.45, 2.75) is 25.5 Å². The molecule has 1 amide bonds. The van der Waals surface area contributed by atoms with Gasteiger partial charge in [-0.3, -0.25) is 4.79 Å². The lowest BCUT2D eigenvalue weighted by Crippen LogP contribution is -2.24. The maximum absolute atomic E-state index is 11.9. The number of amides is 1. The fraction of sp³-hybridized carbons (Fsp3) is 0.400. The van der Waals surface area contributed by atoms with Gasteiger partial charge in [-0.05, 0) is 25.0 Å². The predicted octanol–water partition coefficient (Wildman–Crippen LogP) is 1.59. The fourth-order valence-corrected chi connectivity index (χ4v) is 2.23. The first-order chi connectivity index (χ1) is 10.8. The molecule has 0 spiro atoms. The van der Waals surface area contributed by atoms with Gasteiger partial charge >= 0.3 is 0 Å². The van der Waals surface area contributed by atoms with Crippen molar-refractivity contribution in [3.8, 4) is 0 Å². The smallest absolute Gasteiger partial charge is 0.271 e. The number of nitrogens with one attached hydrogen (secondary N) is 2. The Kier molecular flexibility index (Phi) is 4.65. The maximum Gasteiger partial charge on any atom is 0.271 e. The predicted molar refractivity (Wildman–Crippen MR) is 79.4 cm³/mol. The van der Waals surface area contributed by atoms with Gasteiger partial charge in [0.15, 0.2) is 0 Å². The van der Waals surface area contributed by atoms with Crippen LogP contribution in [0.4, 0.5) is 5.82 Å².